The van der Waals surface area contributed by atoms with E-state index >= 15 is 0 Å². The van der Waals surface area contributed by atoms with Gasteiger partial charge in [-0.15, -0.1) is 11.3 Å². The minimum absolute atomic E-state index is 0.000231. The fourth-order valence-electron chi connectivity index (χ4n) is 2.35. The van der Waals surface area contributed by atoms with Gasteiger partial charge in [0.1, 0.15) is 4.88 Å². The van der Waals surface area contributed by atoms with Gasteiger partial charge in [-0.2, -0.15) is 4.31 Å². The van der Waals surface area contributed by atoms with Crippen molar-refractivity contribution in [1.29, 1.82) is 0 Å². The lowest BCUT2D eigenvalue weighted by atomic mass is 10.1. The summed E-state index contributed by atoms with van der Waals surface area (Å²) in [6.45, 7) is 0.154. The lowest BCUT2D eigenvalue weighted by Crippen LogP contribution is -2.41. The summed E-state index contributed by atoms with van der Waals surface area (Å²) in [6, 6.07) is 0.762. The Morgan fingerprint density at radius 2 is 2.15 bits per heavy atom. The van der Waals surface area contributed by atoms with Crippen LogP contribution in [0.5, 0.6) is 0 Å². The largest absolute Gasteiger partial charge is 0.477 e. The first kappa shape index (κ1) is 15.4. The van der Waals surface area contributed by atoms with Crippen LogP contribution >= 0.6 is 11.3 Å². The van der Waals surface area contributed by atoms with Crippen molar-refractivity contribution in [3.05, 3.63) is 16.3 Å². The van der Waals surface area contributed by atoms with Crippen LogP contribution in [0.2, 0.25) is 0 Å². The smallest absolute Gasteiger partial charge is 0.345 e. The van der Waals surface area contributed by atoms with Crippen molar-refractivity contribution in [3.63, 3.8) is 0 Å². The van der Waals surface area contributed by atoms with Crippen molar-refractivity contribution in [2.45, 2.75) is 36.6 Å². The summed E-state index contributed by atoms with van der Waals surface area (Å²) in [5.74, 6) is -1.13. The van der Waals surface area contributed by atoms with Crippen LogP contribution in [0.1, 0.15) is 35.4 Å². The average molecular weight is 319 g/mol. The molecule has 2 rings (SSSR count). The number of rotatable bonds is 4. The Hall–Kier alpha value is -0.960. The van der Waals surface area contributed by atoms with Gasteiger partial charge in [0.2, 0.25) is 10.0 Å². The van der Waals surface area contributed by atoms with Gasteiger partial charge in [0.05, 0.1) is 11.5 Å². The highest BCUT2D eigenvalue weighted by molar-refractivity contribution is 7.89. The number of nitrogens with zero attached hydrogens (tertiary/aromatic N) is 1. The number of hydrogen-bond acceptors (Lipinski definition) is 5. The first-order chi connectivity index (χ1) is 9.46. The van der Waals surface area contributed by atoms with Crippen molar-refractivity contribution in [1.82, 2.24) is 4.31 Å². The molecule has 1 fully saturated rings. The van der Waals surface area contributed by atoms with Crippen LogP contribution in [-0.4, -0.2) is 48.1 Å². The van der Waals surface area contributed by atoms with E-state index in [1.165, 1.54) is 15.8 Å². The monoisotopic (exact) mass is 319 g/mol. The van der Waals surface area contributed by atoms with E-state index in [9.17, 15) is 18.3 Å². The highest BCUT2D eigenvalue weighted by atomic mass is 32.2. The predicted molar refractivity (Wildman–Crippen MR) is 74.5 cm³/mol. The van der Waals surface area contributed by atoms with Crippen molar-refractivity contribution in [2.75, 3.05) is 13.2 Å². The first-order valence-electron chi connectivity index (χ1n) is 6.41. The number of carboxylic acids is 1. The molecule has 20 heavy (non-hydrogen) atoms. The third-order valence-corrected chi connectivity index (χ3v) is 6.42. The number of sulfonamides is 1. The molecule has 1 aliphatic rings. The molecule has 6 nitrogen and oxygen atoms in total. The maximum Gasteiger partial charge on any atom is 0.345 e. The Morgan fingerprint density at radius 3 is 2.75 bits per heavy atom. The van der Waals surface area contributed by atoms with Gasteiger partial charge in [-0.3, -0.25) is 0 Å². The van der Waals surface area contributed by atoms with Crippen molar-refractivity contribution in [2.24, 2.45) is 0 Å². The second kappa shape index (κ2) is 6.21. The highest BCUT2D eigenvalue weighted by Crippen LogP contribution is 2.27. The minimum atomic E-state index is -3.74. The second-order valence-electron chi connectivity index (χ2n) is 4.75. The van der Waals surface area contributed by atoms with Crippen LogP contribution in [0.3, 0.4) is 0 Å². The molecule has 112 valence electrons. The van der Waals surface area contributed by atoms with Crippen LogP contribution < -0.4 is 0 Å². The molecule has 0 radical (unpaired) electrons. The molecule has 0 amide bonds. The quantitative estimate of drug-likeness (QED) is 0.874. The minimum Gasteiger partial charge on any atom is -0.477 e. The van der Waals surface area contributed by atoms with Gasteiger partial charge < -0.3 is 10.2 Å². The Bertz CT molecular complexity index is 580. The number of carboxylic acid groups (broad SMARTS) is 1. The summed E-state index contributed by atoms with van der Waals surface area (Å²) in [5.41, 5.74) is 0. The molecule has 0 aliphatic carbocycles. The van der Waals surface area contributed by atoms with Gasteiger partial charge in [0, 0.05) is 18.0 Å². The molecular weight excluding hydrogens is 302 g/mol. The third kappa shape index (κ3) is 3.03. The summed E-state index contributed by atoms with van der Waals surface area (Å²) in [4.78, 5) is 10.9. The molecule has 2 heterocycles. The zero-order valence-corrected chi connectivity index (χ0v) is 12.5. The first-order valence-corrected chi connectivity index (χ1v) is 8.73. The van der Waals surface area contributed by atoms with Crippen LogP contribution in [0.15, 0.2) is 16.3 Å². The molecule has 1 aromatic heterocycles. The molecule has 1 unspecified atom stereocenters. The summed E-state index contributed by atoms with van der Waals surface area (Å²) < 4.78 is 26.5. The van der Waals surface area contributed by atoms with E-state index in [1.54, 1.807) is 0 Å². The van der Waals surface area contributed by atoms with Crippen LogP contribution in [0.4, 0.5) is 0 Å². The van der Waals surface area contributed by atoms with E-state index in [0.29, 0.717) is 13.0 Å². The van der Waals surface area contributed by atoms with E-state index in [2.05, 4.69) is 0 Å². The maximum absolute atomic E-state index is 12.6. The normalized spacial score (nSPS) is 21.6. The zero-order valence-electron chi connectivity index (χ0n) is 10.9. The van der Waals surface area contributed by atoms with Crippen LogP contribution in [-0.2, 0) is 10.0 Å². The lowest BCUT2D eigenvalue weighted by Gasteiger charge is -2.27. The van der Waals surface area contributed by atoms with E-state index < -0.39 is 22.0 Å². The fourth-order valence-corrected chi connectivity index (χ4v) is 5.14. The number of aromatic carboxylic acids is 1. The summed E-state index contributed by atoms with van der Waals surface area (Å²) in [7, 11) is -3.74. The summed E-state index contributed by atoms with van der Waals surface area (Å²) in [5, 5.41) is 19.6. The van der Waals surface area contributed by atoms with Gasteiger partial charge in [-0.1, -0.05) is 12.8 Å². The molecule has 2 N–H and O–H groups in total. The fraction of sp³-hybridized carbons (Fsp3) is 0.583. The van der Waals surface area contributed by atoms with Crippen LogP contribution in [0.25, 0.3) is 0 Å². The summed E-state index contributed by atoms with van der Waals surface area (Å²) >= 11 is 0.895. The molecule has 0 spiro atoms. The van der Waals surface area contributed by atoms with Crippen molar-refractivity contribution in [3.8, 4) is 0 Å². The standard InChI is InChI=1S/C12H17NO5S2/c14-7-9-4-2-1-3-5-13(9)20(17,18)10-6-11(12(15)16)19-8-10/h6,8-9,14H,1-5,7H2,(H,15,16). The number of aliphatic hydroxyl groups is 1. The number of carbonyl (C=O) groups is 1. The average Bonchev–Trinajstić information content (AvgIpc) is 2.78. The number of thiophene rings is 1. The second-order valence-corrected chi connectivity index (χ2v) is 7.56. The Labute approximate surface area is 121 Å². The molecule has 0 aromatic carbocycles. The van der Waals surface area contributed by atoms with E-state index in [1.807, 2.05) is 0 Å². The Kier molecular flexibility index (Phi) is 4.79. The zero-order chi connectivity index (χ0) is 14.8. The molecule has 0 bridgehead atoms. The van der Waals surface area contributed by atoms with E-state index in [0.717, 1.165) is 30.6 Å². The van der Waals surface area contributed by atoms with Gasteiger partial charge in [-0.05, 0) is 18.9 Å². The van der Waals surface area contributed by atoms with E-state index in [4.69, 9.17) is 5.11 Å². The maximum atomic E-state index is 12.6. The highest BCUT2D eigenvalue weighted by Gasteiger charge is 2.33. The molecule has 1 saturated heterocycles. The topological polar surface area (TPSA) is 94.9 Å². The van der Waals surface area contributed by atoms with Crippen LogP contribution in [0, 0.1) is 0 Å². The van der Waals surface area contributed by atoms with Gasteiger partial charge in [-0.25, -0.2) is 13.2 Å². The van der Waals surface area contributed by atoms with Gasteiger partial charge in [0.25, 0.3) is 0 Å². The summed E-state index contributed by atoms with van der Waals surface area (Å²) in [6.07, 6.45) is 3.21. The predicted octanol–water partition coefficient (Wildman–Crippen LogP) is 1.37. The molecule has 8 heteroatoms. The lowest BCUT2D eigenvalue weighted by molar-refractivity contribution is 0.0702. The molecule has 0 saturated carbocycles. The molecule has 1 aliphatic heterocycles. The van der Waals surface area contributed by atoms with E-state index in [-0.39, 0.29) is 16.4 Å². The third-order valence-electron chi connectivity index (χ3n) is 3.43. The molecule has 1 atom stereocenters. The molecular formula is C12H17NO5S2. The Balaban J connectivity index is 2.33. The SMILES string of the molecule is O=C(O)c1cc(S(=O)(=O)N2CCCCCC2CO)cs1. The van der Waals surface area contributed by atoms with Gasteiger partial charge in [0.15, 0.2) is 0 Å². The Morgan fingerprint density at radius 1 is 1.40 bits per heavy atom. The molecule has 1 aromatic rings. The number of hydrogen-bond donors (Lipinski definition) is 2. The number of aliphatic hydroxyl groups excluding tert-OH is 1. The van der Waals surface area contributed by atoms with Gasteiger partial charge >= 0.3 is 5.97 Å². The van der Waals surface area contributed by atoms with Crippen molar-refractivity contribution >= 4 is 27.3 Å². The van der Waals surface area contributed by atoms with Crippen molar-refractivity contribution < 1.29 is 23.4 Å².